The smallest absolute Gasteiger partial charge is 0.186 e. The summed E-state index contributed by atoms with van der Waals surface area (Å²) in [6, 6.07) is 24.2. The molecule has 0 aliphatic carbocycles. The number of anilines is 1. The van der Waals surface area contributed by atoms with Crippen molar-refractivity contribution in [3.63, 3.8) is 0 Å². The molecule has 0 aliphatic heterocycles. The average Bonchev–Trinajstić information content (AvgIpc) is 2.89. The van der Waals surface area contributed by atoms with Crippen molar-refractivity contribution in [1.82, 2.24) is 0 Å². The van der Waals surface area contributed by atoms with Crippen LogP contribution in [0.1, 0.15) is 16.7 Å². The van der Waals surface area contributed by atoms with Crippen LogP contribution in [0.25, 0.3) is 0 Å². The van der Waals surface area contributed by atoms with E-state index in [0.717, 1.165) is 11.1 Å². The van der Waals surface area contributed by atoms with Gasteiger partial charge >= 0.3 is 0 Å². The van der Waals surface area contributed by atoms with E-state index >= 15 is 0 Å². The van der Waals surface area contributed by atoms with Gasteiger partial charge in [-0.25, -0.2) is 17.6 Å². The maximum Gasteiger partial charge on any atom is 0.186 e. The molecule has 178 valence electrons. The van der Waals surface area contributed by atoms with Crippen LogP contribution in [-0.4, -0.2) is 6.21 Å². The van der Waals surface area contributed by atoms with E-state index in [0.29, 0.717) is 23.7 Å². The molecule has 0 bridgehead atoms. The Morgan fingerprint density at radius 1 is 0.657 bits per heavy atom. The van der Waals surface area contributed by atoms with Gasteiger partial charge in [0.1, 0.15) is 18.9 Å². The van der Waals surface area contributed by atoms with Crippen molar-refractivity contribution in [3.05, 3.63) is 125 Å². The van der Waals surface area contributed by atoms with Gasteiger partial charge in [-0.15, -0.1) is 0 Å². The van der Waals surface area contributed by atoms with Crippen LogP contribution >= 0.6 is 0 Å². The Balaban J connectivity index is 1.53. The van der Waals surface area contributed by atoms with Crippen molar-refractivity contribution in [3.8, 4) is 11.5 Å². The van der Waals surface area contributed by atoms with E-state index in [2.05, 4.69) is 5.10 Å². The van der Waals surface area contributed by atoms with Crippen LogP contribution in [0, 0.1) is 23.3 Å². The van der Waals surface area contributed by atoms with Gasteiger partial charge in [-0.1, -0.05) is 60.7 Å². The highest BCUT2D eigenvalue weighted by Crippen LogP contribution is 2.30. The quantitative estimate of drug-likeness (QED) is 0.123. The van der Waals surface area contributed by atoms with Crippen molar-refractivity contribution in [2.24, 2.45) is 5.10 Å². The molecule has 35 heavy (non-hydrogen) atoms. The Morgan fingerprint density at radius 2 is 1.20 bits per heavy atom. The van der Waals surface area contributed by atoms with Crippen LogP contribution in [0.3, 0.4) is 0 Å². The van der Waals surface area contributed by atoms with Crippen molar-refractivity contribution in [2.45, 2.75) is 13.2 Å². The second kappa shape index (κ2) is 11.2. The normalized spacial score (nSPS) is 11.0. The van der Waals surface area contributed by atoms with Crippen molar-refractivity contribution >= 4 is 11.9 Å². The zero-order chi connectivity index (χ0) is 24.6. The standard InChI is InChI=1S/C27H20F4N2O2/c28-21-14-22(29)26(31)27(25(21)30)33-32-15-20-11-12-23(34-16-18-7-3-1-4-8-18)24(13-20)35-17-19-9-5-2-6-10-19/h1-15,33H,16-17H2. The molecule has 4 aromatic rings. The number of hydrogen-bond acceptors (Lipinski definition) is 4. The molecule has 4 rings (SSSR count). The Morgan fingerprint density at radius 3 is 1.77 bits per heavy atom. The summed E-state index contributed by atoms with van der Waals surface area (Å²) in [5.41, 5.74) is 3.40. The predicted molar refractivity (Wildman–Crippen MR) is 125 cm³/mol. The second-order valence-electron chi connectivity index (χ2n) is 7.47. The summed E-state index contributed by atoms with van der Waals surface area (Å²) in [5.74, 6) is -5.30. The molecule has 1 N–H and O–H groups in total. The molecular formula is C27H20F4N2O2. The third kappa shape index (κ3) is 6.17. The van der Waals surface area contributed by atoms with Crippen LogP contribution in [0.15, 0.2) is 90.0 Å². The van der Waals surface area contributed by atoms with Gasteiger partial charge in [0.2, 0.25) is 0 Å². The zero-order valence-corrected chi connectivity index (χ0v) is 18.4. The first-order chi connectivity index (χ1) is 17.0. The Labute approximate surface area is 199 Å². The van der Waals surface area contributed by atoms with Gasteiger partial charge in [-0.3, -0.25) is 5.43 Å². The summed E-state index contributed by atoms with van der Waals surface area (Å²) in [6.07, 6.45) is 1.23. The number of nitrogens with zero attached hydrogens (tertiary/aromatic N) is 1. The number of benzene rings is 4. The van der Waals surface area contributed by atoms with E-state index < -0.39 is 29.0 Å². The molecule has 8 heteroatoms. The number of hydrazone groups is 1. The Hall–Kier alpha value is -4.33. The molecule has 0 saturated heterocycles. The molecule has 0 saturated carbocycles. The van der Waals surface area contributed by atoms with E-state index in [-0.39, 0.29) is 12.7 Å². The lowest BCUT2D eigenvalue weighted by molar-refractivity contribution is 0.256. The molecular weight excluding hydrogens is 460 g/mol. The van der Waals surface area contributed by atoms with Crippen LogP contribution in [-0.2, 0) is 13.2 Å². The SMILES string of the molecule is Fc1cc(F)c(F)c(NN=Cc2ccc(OCc3ccccc3)c(OCc3ccccc3)c2)c1F. The van der Waals surface area contributed by atoms with Gasteiger partial charge in [0, 0.05) is 6.07 Å². The summed E-state index contributed by atoms with van der Waals surface area (Å²) in [7, 11) is 0. The number of rotatable bonds is 9. The van der Waals surface area contributed by atoms with Gasteiger partial charge in [-0.05, 0) is 34.9 Å². The molecule has 4 aromatic carbocycles. The Bertz CT molecular complexity index is 1290. The lowest BCUT2D eigenvalue weighted by Crippen LogP contribution is -2.03. The van der Waals surface area contributed by atoms with E-state index in [9.17, 15) is 17.6 Å². The lowest BCUT2D eigenvalue weighted by atomic mass is 10.2. The minimum absolute atomic E-state index is 0.129. The summed E-state index contributed by atoms with van der Waals surface area (Å²) >= 11 is 0. The molecule has 0 aliphatic rings. The van der Waals surface area contributed by atoms with Crippen LogP contribution in [0.5, 0.6) is 11.5 Å². The summed E-state index contributed by atoms with van der Waals surface area (Å²) in [4.78, 5) is 0. The average molecular weight is 480 g/mol. The highest BCUT2D eigenvalue weighted by Gasteiger charge is 2.18. The minimum atomic E-state index is -1.57. The molecule has 4 nitrogen and oxygen atoms in total. The van der Waals surface area contributed by atoms with Gasteiger partial charge < -0.3 is 9.47 Å². The maximum absolute atomic E-state index is 13.8. The van der Waals surface area contributed by atoms with Crippen LogP contribution in [0.2, 0.25) is 0 Å². The Kier molecular flexibility index (Phi) is 7.62. The van der Waals surface area contributed by atoms with Crippen LogP contribution < -0.4 is 14.9 Å². The molecule has 0 amide bonds. The van der Waals surface area contributed by atoms with Gasteiger partial charge in [0.15, 0.2) is 34.8 Å². The molecule has 0 fully saturated rings. The first-order valence-electron chi connectivity index (χ1n) is 10.6. The summed E-state index contributed by atoms with van der Waals surface area (Å²) < 4.78 is 66.3. The van der Waals surface area contributed by atoms with Crippen LogP contribution in [0.4, 0.5) is 23.2 Å². The molecule has 0 heterocycles. The zero-order valence-electron chi connectivity index (χ0n) is 18.4. The first-order valence-corrected chi connectivity index (χ1v) is 10.6. The predicted octanol–water partition coefficient (Wildman–Crippen LogP) is 6.85. The third-order valence-corrected chi connectivity index (χ3v) is 4.94. The summed E-state index contributed by atoms with van der Waals surface area (Å²) in [5, 5.41) is 3.71. The number of halogens is 4. The topological polar surface area (TPSA) is 42.9 Å². The highest BCUT2D eigenvalue weighted by atomic mass is 19.2. The van der Waals surface area contributed by atoms with E-state index in [1.165, 1.54) is 6.21 Å². The van der Waals surface area contributed by atoms with Crippen molar-refractivity contribution in [1.29, 1.82) is 0 Å². The van der Waals surface area contributed by atoms with Crippen molar-refractivity contribution in [2.75, 3.05) is 5.43 Å². The lowest BCUT2D eigenvalue weighted by Gasteiger charge is -2.14. The van der Waals surface area contributed by atoms with E-state index in [1.807, 2.05) is 66.1 Å². The second-order valence-corrected chi connectivity index (χ2v) is 7.47. The molecule has 0 atom stereocenters. The van der Waals surface area contributed by atoms with Gasteiger partial charge in [0.25, 0.3) is 0 Å². The fraction of sp³-hybridized carbons (Fsp3) is 0.0741. The number of ether oxygens (including phenoxy) is 2. The number of nitrogens with one attached hydrogen (secondary N) is 1. The fourth-order valence-corrected chi connectivity index (χ4v) is 3.15. The first kappa shape index (κ1) is 23.8. The molecule has 0 radical (unpaired) electrons. The molecule has 0 aromatic heterocycles. The van der Waals surface area contributed by atoms with Gasteiger partial charge in [0.05, 0.1) is 6.21 Å². The molecule has 0 spiro atoms. The molecule has 0 unspecified atom stereocenters. The third-order valence-electron chi connectivity index (χ3n) is 4.94. The summed E-state index contributed by atoms with van der Waals surface area (Å²) in [6.45, 7) is 0.599. The maximum atomic E-state index is 13.8. The fourth-order valence-electron chi connectivity index (χ4n) is 3.15. The highest BCUT2D eigenvalue weighted by molar-refractivity contribution is 5.81. The van der Waals surface area contributed by atoms with E-state index in [1.54, 1.807) is 18.2 Å². The number of hydrogen-bond donors (Lipinski definition) is 1. The minimum Gasteiger partial charge on any atom is -0.485 e. The van der Waals surface area contributed by atoms with E-state index in [4.69, 9.17) is 9.47 Å². The largest absolute Gasteiger partial charge is 0.485 e. The van der Waals surface area contributed by atoms with Gasteiger partial charge in [-0.2, -0.15) is 5.10 Å². The van der Waals surface area contributed by atoms with Crippen molar-refractivity contribution < 1.29 is 27.0 Å². The monoisotopic (exact) mass is 480 g/mol.